The molecule has 1 saturated heterocycles. The van der Waals surface area contributed by atoms with Crippen molar-refractivity contribution in [3.63, 3.8) is 0 Å². The highest BCUT2D eigenvalue weighted by molar-refractivity contribution is 5.67. The number of aliphatic hydroxyl groups excluding tert-OH is 1. The van der Waals surface area contributed by atoms with E-state index in [1.54, 1.807) is 0 Å². The molecule has 1 aliphatic heterocycles. The van der Waals surface area contributed by atoms with E-state index < -0.39 is 48.7 Å². The van der Waals surface area contributed by atoms with Crippen LogP contribution in [0.3, 0.4) is 0 Å². The van der Waals surface area contributed by atoms with Crippen molar-refractivity contribution in [1.29, 1.82) is 0 Å². The molecule has 0 aromatic carbocycles. The van der Waals surface area contributed by atoms with Gasteiger partial charge in [0.1, 0.15) is 18.3 Å². The fourth-order valence-corrected chi connectivity index (χ4v) is 2.52. The van der Waals surface area contributed by atoms with Gasteiger partial charge in [-0.1, -0.05) is 0 Å². The molecule has 1 heterocycles. The maximum Gasteiger partial charge on any atom is 0.303 e. The number of aliphatic hydroxyl groups is 1. The van der Waals surface area contributed by atoms with Crippen molar-refractivity contribution in [3.8, 4) is 0 Å². The maximum atomic E-state index is 11.4. The van der Waals surface area contributed by atoms with Gasteiger partial charge >= 0.3 is 11.9 Å². The Hall–Kier alpha value is -1.26. The molecule has 1 fully saturated rings. The predicted molar refractivity (Wildman–Crippen MR) is 75.5 cm³/mol. The largest absolute Gasteiger partial charge is 0.457 e. The van der Waals surface area contributed by atoms with Gasteiger partial charge in [-0.2, -0.15) is 0 Å². The second kappa shape index (κ2) is 9.14. The van der Waals surface area contributed by atoms with Gasteiger partial charge in [0, 0.05) is 35.2 Å². The second-order valence-corrected chi connectivity index (χ2v) is 5.07. The first-order chi connectivity index (χ1) is 10.8. The Labute approximate surface area is 134 Å². The van der Waals surface area contributed by atoms with Crippen LogP contribution in [0.2, 0.25) is 0 Å². The van der Waals surface area contributed by atoms with Crippen LogP contribution in [0, 0.1) is 0 Å². The molecular formula is C14H24O9. The lowest BCUT2D eigenvalue weighted by Crippen LogP contribution is -2.64. The lowest BCUT2D eigenvalue weighted by Gasteiger charge is -2.44. The van der Waals surface area contributed by atoms with Gasteiger partial charge < -0.3 is 33.5 Å². The SMILES string of the molecule is COCC(OC)C1OC(O)C(OC(C)=O)C(OC)C1OC(C)=O. The zero-order valence-electron chi connectivity index (χ0n) is 13.9. The molecule has 6 atom stereocenters. The Kier molecular flexibility index (Phi) is 7.86. The van der Waals surface area contributed by atoms with Gasteiger partial charge in [0.05, 0.1) is 6.61 Å². The summed E-state index contributed by atoms with van der Waals surface area (Å²) in [6.45, 7) is 2.56. The topological polar surface area (TPSA) is 110 Å². The molecule has 0 saturated carbocycles. The van der Waals surface area contributed by atoms with Crippen molar-refractivity contribution in [3.05, 3.63) is 0 Å². The second-order valence-electron chi connectivity index (χ2n) is 5.07. The van der Waals surface area contributed by atoms with E-state index in [1.807, 2.05) is 0 Å². The number of hydrogen-bond acceptors (Lipinski definition) is 9. The van der Waals surface area contributed by atoms with Crippen LogP contribution < -0.4 is 0 Å². The monoisotopic (exact) mass is 336 g/mol. The molecule has 0 aliphatic carbocycles. The Morgan fingerprint density at radius 3 is 2.04 bits per heavy atom. The van der Waals surface area contributed by atoms with E-state index >= 15 is 0 Å². The first-order valence-electron chi connectivity index (χ1n) is 7.08. The summed E-state index contributed by atoms with van der Waals surface area (Å²) in [5.74, 6) is -1.20. The fraction of sp³-hybridized carbons (Fsp3) is 0.857. The fourth-order valence-electron chi connectivity index (χ4n) is 2.52. The van der Waals surface area contributed by atoms with Crippen molar-refractivity contribution in [2.24, 2.45) is 0 Å². The summed E-state index contributed by atoms with van der Waals surface area (Å²) in [5, 5.41) is 10.1. The molecule has 0 aromatic rings. The van der Waals surface area contributed by atoms with E-state index in [0.29, 0.717) is 0 Å². The van der Waals surface area contributed by atoms with E-state index in [4.69, 9.17) is 28.4 Å². The molecule has 6 unspecified atom stereocenters. The van der Waals surface area contributed by atoms with Crippen LogP contribution in [-0.4, -0.2) is 81.8 Å². The molecule has 1 N–H and O–H groups in total. The van der Waals surface area contributed by atoms with E-state index in [-0.39, 0.29) is 6.61 Å². The average Bonchev–Trinajstić information content (AvgIpc) is 2.47. The van der Waals surface area contributed by atoms with Gasteiger partial charge in [0.25, 0.3) is 0 Å². The van der Waals surface area contributed by atoms with Gasteiger partial charge in [0.2, 0.25) is 0 Å². The van der Waals surface area contributed by atoms with Crippen LogP contribution in [0.4, 0.5) is 0 Å². The molecule has 134 valence electrons. The molecule has 0 amide bonds. The Balaban J connectivity index is 3.10. The third kappa shape index (κ3) is 5.11. The quantitative estimate of drug-likeness (QED) is 0.600. The molecule has 23 heavy (non-hydrogen) atoms. The predicted octanol–water partition coefficient (Wildman–Crippen LogP) is -0.757. The molecule has 9 heteroatoms. The summed E-state index contributed by atoms with van der Waals surface area (Å²) >= 11 is 0. The van der Waals surface area contributed by atoms with Gasteiger partial charge in [-0.05, 0) is 0 Å². The minimum atomic E-state index is -1.46. The molecule has 9 nitrogen and oxygen atoms in total. The molecule has 0 radical (unpaired) electrons. The lowest BCUT2D eigenvalue weighted by molar-refractivity contribution is -0.308. The number of carbonyl (C=O) groups is 2. The summed E-state index contributed by atoms with van der Waals surface area (Å²) in [4.78, 5) is 22.6. The van der Waals surface area contributed by atoms with Gasteiger partial charge in [-0.25, -0.2) is 0 Å². The van der Waals surface area contributed by atoms with Crippen LogP contribution in [0.25, 0.3) is 0 Å². The van der Waals surface area contributed by atoms with Crippen LogP contribution in [0.1, 0.15) is 13.8 Å². The van der Waals surface area contributed by atoms with Crippen molar-refractivity contribution in [2.75, 3.05) is 27.9 Å². The van der Waals surface area contributed by atoms with Crippen LogP contribution in [0.5, 0.6) is 0 Å². The first-order valence-corrected chi connectivity index (χ1v) is 7.08. The van der Waals surface area contributed by atoms with E-state index in [0.717, 1.165) is 0 Å². The normalized spacial score (nSPS) is 32.2. The number of methoxy groups -OCH3 is 3. The third-order valence-electron chi connectivity index (χ3n) is 3.43. The Morgan fingerprint density at radius 1 is 1.04 bits per heavy atom. The highest BCUT2D eigenvalue weighted by atomic mass is 16.7. The Bertz CT molecular complexity index is 400. The summed E-state index contributed by atoms with van der Waals surface area (Å²) in [5.41, 5.74) is 0. The number of rotatable bonds is 7. The van der Waals surface area contributed by atoms with Crippen molar-refractivity contribution in [1.82, 2.24) is 0 Å². The van der Waals surface area contributed by atoms with Crippen molar-refractivity contribution < 1.29 is 43.1 Å². The lowest BCUT2D eigenvalue weighted by atomic mass is 9.94. The molecule has 0 spiro atoms. The minimum absolute atomic E-state index is 0.139. The number of hydrogen-bond donors (Lipinski definition) is 1. The number of esters is 2. The summed E-state index contributed by atoms with van der Waals surface area (Å²) in [7, 11) is 4.26. The van der Waals surface area contributed by atoms with E-state index in [2.05, 4.69) is 0 Å². The smallest absolute Gasteiger partial charge is 0.303 e. The van der Waals surface area contributed by atoms with Gasteiger partial charge in [-0.3, -0.25) is 9.59 Å². The summed E-state index contributed by atoms with van der Waals surface area (Å²) < 4.78 is 31.4. The highest BCUT2D eigenvalue weighted by Gasteiger charge is 2.52. The van der Waals surface area contributed by atoms with Gasteiger partial charge in [-0.15, -0.1) is 0 Å². The molecule has 1 aliphatic rings. The van der Waals surface area contributed by atoms with E-state index in [9.17, 15) is 14.7 Å². The average molecular weight is 336 g/mol. The molecule has 0 bridgehead atoms. The third-order valence-corrected chi connectivity index (χ3v) is 3.43. The first kappa shape index (κ1) is 19.8. The standard InChI is InChI=1S/C14H24O9/c1-7(15)21-12-10(9(19-4)6-18-3)23-14(17)13(11(12)20-5)22-8(2)16/h9-14,17H,6H2,1-5H3. The van der Waals surface area contributed by atoms with Crippen LogP contribution in [0.15, 0.2) is 0 Å². The molecule has 0 aromatic heterocycles. The van der Waals surface area contributed by atoms with E-state index in [1.165, 1.54) is 35.2 Å². The van der Waals surface area contributed by atoms with Crippen molar-refractivity contribution in [2.45, 2.75) is 50.7 Å². The zero-order valence-corrected chi connectivity index (χ0v) is 13.9. The number of carbonyl (C=O) groups excluding carboxylic acids is 2. The maximum absolute atomic E-state index is 11.4. The van der Waals surface area contributed by atoms with Crippen molar-refractivity contribution >= 4 is 11.9 Å². The van der Waals surface area contributed by atoms with Gasteiger partial charge in [0.15, 0.2) is 18.5 Å². The minimum Gasteiger partial charge on any atom is -0.457 e. The summed E-state index contributed by atoms with van der Waals surface area (Å²) in [6, 6.07) is 0. The van der Waals surface area contributed by atoms with Crippen LogP contribution in [-0.2, 0) is 38.0 Å². The summed E-state index contributed by atoms with van der Waals surface area (Å²) in [6.07, 6.45) is -5.98. The molecular weight excluding hydrogens is 312 g/mol. The number of ether oxygens (including phenoxy) is 6. The highest BCUT2D eigenvalue weighted by Crippen LogP contribution is 2.29. The van der Waals surface area contributed by atoms with Crippen LogP contribution >= 0.6 is 0 Å². The zero-order chi connectivity index (χ0) is 17.6. The molecule has 1 rings (SSSR count). The Morgan fingerprint density at radius 2 is 1.61 bits per heavy atom.